The highest BCUT2D eigenvalue weighted by Gasteiger charge is 2.26. The van der Waals surface area contributed by atoms with E-state index in [2.05, 4.69) is 30.7 Å². The maximum atomic E-state index is 12.4. The Morgan fingerprint density at radius 1 is 1.11 bits per heavy atom. The number of ether oxygens (including phenoxy) is 2. The lowest BCUT2D eigenvalue weighted by Crippen LogP contribution is -2.40. The number of rotatable bonds is 6. The molecule has 0 saturated heterocycles. The minimum atomic E-state index is -0.309. The summed E-state index contributed by atoms with van der Waals surface area (Å²) in [6.07, 6.45) is 4.86. The lowest BCUT2D eigenvalue weighted by molar-refractivity contribution is 0.129. The second kappa shape index (κ2) is 10.8. The Balaban J connectivity index is 1.77. The van der Waals surface area contributed by atoms with Crippen molar-refractivity contribution in [2.75, 3.05) is 34.3 Å². The number of hydrogen-bond acceptors (Lipinski definition) is 4. The van der Waals surface area contributed by atoms with Gasteiger partial charge < -0.3 is 14.4 Å². The van der Waals surface area contributed by atoms with E-state index in [-0.39, 0.29) is 12.1 Å². The molecule has 148 valence electrons. The highest BCUT2D eigenvalue weighted by atomic mass is 16.6. The Morgan fingerprint density at radius 3 is 2.33 bits per heavy atom. The normalized spacial score (nSPS) is 19.1. The van der Waals surface area contributed by atoms with E-state index in [0.29, 0.717) is 11.7 Å². The zero-order valence-corrected chi connectivity index (χ0v) is 17.0. The van der Waals surface area contributed by atoms with Crippen molar-refractivity contribution in [2.45, 2.75) is 45.1 Å². The molecule has 5 heteroatoms. The molecule has 1 aliphatic carbocycles. The molecule has 1 fully saturated rings. The van der Waals surface area contributed by atoms with Crippen LogP contribution in [0.15, 0.2) is 24.3 Å². The lowest BCUT2D eigenvalue weighted by Gasteiger charge is -2.32. The van der Waals surface area contributed by atoms with Crippen LogP contribution in [0.3, 0.4) is 0 Å². The third kappa shape index (κ3) is 6.80. The Labute approximate surface area is 163 Å². The van der Waals surface area contributed by atoms with Crippen LogP contribution in [-0.2, 0) is 0 Å². The minimum Gasteiger partial charge on any atom is -0.497 e. The van der Waals surface area contributed by atoms with E-state index >= 15 is 0 Å². The lowest BCUT2D eigenvalue weighted by atomic mass is 9.86. The molecule has 0 radical (unpaired) electrons. The fourth-order valence-electron chi connectivity index (χ4n) is 3.36. The predicted octanol–water partition coefficient (Wildman–Crippen LogP) is 4.03. The molecule has 27 heavy (non-hydrogen) atoms. The quantitative estimate of drug-likeness (QED) is 0.707. The van der Waals surface area contributed by atoms with Crippen LogP contribution in [0.1, 0.15) is 39.0 Å². The summed E-state index contributed by atoms with van der Waals surface area (Å²) < 4.78 is 10.6. The second-order valence-corrected chi connectivity index (χ2v) is 7.22. The Morgan fingerprint density at radius 2 is 1.74 bits per heavy atom. The van der Waals surface area contributed by atoms with Gasteiger partial charge in [-0.15, -0.1) is 0 Å². The summed E-state index contributed by atoms with van der Waals surface area (Å²) in [5.41, 5.74) is 0. The number of hydrogen-bond donors (Lipinski definition) is 0. The van der Waals surface area contributed by atoms with Crippen molar-refractivity contribution in [3.8, 4) is 23.3 Å². The van der Waals surface area contributed by atoms with Gasteiger partial charge in [0.25, 0.3) is 0 Å². The molecule has 5 nitrogen and oxygen atoms in total. The first-order chi connectivity index (χ1) is 13.0. The summed E-state index contributed by atoms with van der Waals surface area (Å²) in [4.78, 5) is 16.4. The average Bonchev–Trinajstić information content (AvgIpc) is 2.68. The van der Waals surface area contributed by atoms with E-state index in [1.54, 1.807) is 36.3 Å². The van der Waals surface area contributed by atoms with Gasteiger partial charge in [0, 0.05) is 19.0 Å². The van der Waals surface area contributed by atoms with Crippen LogP contribution in [0.2, 0.25) is 0 Å². The second-order valence-electron chi connectivity index (χ2n) is 7.22. The molecule has 1 amide bonds. The molecular formula is C22H32N2O3. The number of methoxy groups -OCH3 is 1. The van der Waals surface area contributed by atoms with Crippen molar-refractivity contribution in [1.29, 1.82) is 0 Å². The molecule has 0 spiro atoms. The van der Waals surface area contributed by atoms with Crippen LogP contribution in [0.4, 0.5) is 4.79 Å². The third-order valence-electron chi connectivity index (χ3n) is 5.06. The van der Waals surface area contributed by atoms with Gasteiger partial charge in [-0.2, -0.15) is 0 Å². The van der Waals surface area contributed by atoms with Crippen LogP contribution < -0.4 is 9.47 Å². The maximum absolute atomic E-state index is 12.4. The predicted molar refractivity (Wildman–Crippen MR) is 108 cm³/mol. The maximum Gasteiger partial charge on any atom is 0.415 e. The molecule has 1 saturated carbocycles. The van der Waals surface area contributed by atoms with Crippen LogP contribution >= 0.6 is 0 Å². The zero-order chi connectivity index (χ0) is 19.6. The molecule has 0 aliphatic heterocycles. The number of amides is 1. The van der Waals surface area contributed by atoms with Gasteiger partial charge in [0.15, 0.2) is 0 Å². The van der Waals surface area contributed by atoms with Gasteiger partial charge in [0.05, 0.1) is 13.7 Å². The SMILES string of the molecule is CCCN(C)CC#CC1CCC(N(C)C(=O)Oc2ccc(OC)cc2)CC1. The molecule has 1 aliphatic rings. The number of carbonyl (C=O) groups excluding carboxylic acids is 1. The van der Waals surface area contributed by atoms with Gasteiger partial charge in [0.1, 0.15) is 11.5 Å². The Hall–Kier alpha value is -2.19. The molecule has 0 unspecified atom stereocenters. The molecule has 0 aromatic heterocycles. The van der Waals surface area contributed by atoms with Gasteiger partial charge >= 0.3 is 6.09 Å². The fraction of sp³-hybridized carbons (Fsp3) is 0.591. The fourth-order valence-corrected chi connectivity index (χ4v) is 3.36. The average molecular weight is 373 g/mol. The van der Waals surface area contributed by atoms with Crippen LogP contribution in [0.25, 0.3) is 0 Å². The molecule has 0 bridgehead atoms. The van der Waals surface area contributed by atoms with Crippen molar-refractivity contribution in [1.82, 2.24) is 9.80 Å². The standard InChI is InChI=1S/C22H32N2O3/c1-5-16-23(2)17-6-7-18-8-10-19(11-9-18)24(3)22(25)27-21-14-12-20(26-4)13-15-21/h12-15,18-19H,5,8-11,16-17H2,1-4H3. The Kier molecular flexibility index (Phi) is 8.47. The molecular weight excluding hydrogens is 340 g/mol. The van der Waals surface area contributed by atoms with Crippen molar-refractivity contribution in [2.24, 2.45) is 5.92 Å². The van der Waals surface area contributed by atoms with Crippen molar-refractivity contribution >= 4 is 6.09 Å². The highest BCUT2D eigenvalue weighted by Crippen LogP contribution is 2.27. The molecule has 1 aromatic carbocycles. The number of nitrogens with zero attached hydrogens (tertiary/aromatic N) is 2. The van der Waals surface area contributed by atoms with Crippen LogP contribution in [0.5, 0.6) is 11.5 Å². The summed E-state index contributed by atoms with van der Waals surface area (Å²) in [6.45, 7) is 4.10. The molecule has 1 aromatic rings. The summed E-state index contributed by atoms with van der Waals surface area (Å²) in [5, 5.41) is 0. The first-order valence-corrected chi connectivity index (χ1v) is 9.79. The summed E-state index contributed by atoms with van der Waals surface area (Å²) >= 11 is 0. The zero-order valence-electron chi connectivity index (χ0n) is 17.0. The van der Waals surface area contributed by atoms with Gasteiger partial charge in [-0.25, -0.2) is 4.79 Å². The molecule has 2 rings (SSSR count). The third-order valence-corrected chi connectivity index (χ3v) is 5.06. The van der Waals surface area contributed by atoms with E-state index in [4.69, 9.17) is 9.47 Å². The number of carbonyl (C=O) groups is 1. The van der Waals surface area contributed by atoms with Crippen molar-refractivity contribution in [3.63, 3.8) is 0 Å². The summed E-state index contributed by atoms with van der Waals surface area (Å²) in [7, 11) is 5.54. The highest BCUT2D eigenvalue weighted by molar-refractivity contribution is 5.70. The molecule has 0 atom stereocenters. The minimum absolute atomic E-state index is 0.219. The van der Waals surface area contributed by atoms with E-state index in [0.717, 1.165) is 50.9 Å². The number of benzene rings is 1. The van der Waals surface area contributed by atoms with E-state index in [1.165, 1.54) is 0 Å². The summed E-state index contributed by atoms with van der Waals surface area (Å²) in [5.74, 6) is 8.44. The first-order valence-electron chi connectivity index (χ1n) is 9.79. The first kappa shape index (κ1) is 21.1. The Bertz CT molecular complexity index is 640. The van der Waals surface area contributed by atoms with E-state index in [1.807, 2.05) is 7.05 Å². The van der Waals surface area contributed by atoms with Gasteiger partial charge in [-0.05, 0) is 70.0 Å². The molecule has 0 heterocycles. The summed E-state index contributed by atoms with van der Waals surface area (Å²) in [6, 6.07) is 7.27. The van der Waals surface area contributed by atoms with Crippen molar-refractivity contribution in [3.05, 3.63) is 24.3 Å². The topological polar surface area (TPSA) is 42.0 Å². The van der Waals surface area contributed by atoms with Gasteiger partial charge in [-0.3, -0.25) is 4.90 Å². The smallest absolute Gasteiger partial charge is 0.415 e. The van der Waals surface area contributed by atoms with Crippen LogP contribution in [0, 0.1) is 17.8 Å². The van der Waals surface area contributed by atoms with E-state index in [9.17, 15) is 4.79 Å². The van der Waals surface area contributed by atoms with Gasteiger partial charge in [0.2, 0.25) is 0 Å². The van der Waals surface area contributed by atoms with Crippen LogP contribution in [-0.4, -0.2) is 56.2 Å². The van der Waals surface area contributed by atoms with Gasteiger partial charge in [-0.1, -0.05) is 18.8 Å². The molecule has 0 N–H and O–H groups in total. The van der Waals surface area contributed by atoms with Crippen molar-refractivity contribution < 1.29 is 14.3 Å². The monoisotopic (exact) mass is 372 g/mol. The largest absolute Gasteiger partial charge is 0.497 e. The van der Waals surface area contributed by atoms with E-state index < -0.39 is 0 Å².